The van der Waals surface area contributed by atoms with Crippen LogP contribution in [0.25, 0.3) is 0 Å². The second kappa shape index (κ2) is 5.69. The molecule has 0 bridgehead atoms. The first-order valence-electron chi connectivity index (χ1n) is 7.34. The summed E-state index contributed by atoms with van der Waals surface area (Å²) in [4.78, 5) is 20.2. The third kappa shape index (κ3) is 2.65. The molecule has 0 saturated carbocycles. The first kappa shape index (κ1) is 14.4. The van der Waals surface area contributed by atoms with E-state index < -0.39 is 5.82 Å². The number of pyridine rings is 1. The number of carbonyl (C=O) groups excluding carboxylic acids is 1. The van der Waals surface area contributed by atoms with Gasteiger partial charge in [0.15, 0.2) is 5.82 Å². The summed E-state index contributed by atoms with van der Waals surface area (Å²) in [5, 5.41) is 0. The van der Waals surface area contributed by atoms with E-state index in [0.29, 0.717) is 25.7 Å². The van der Waals surface area contributed by atoms with Crippen LogP contribution in [0.2, 0.25) is 0 Å². The van der Waals surface area contributed by atoms with Crippen LogP contribution >= 0.6 is 0 Å². The molecule has 0 spiro atoms. The second-order valence-electron chi connectivity index (χ2n) is 5.87. The van der Waals surface area contributed by atoms with Gasteiger partial charge in [-0.1, -0.05) is 0 Å². The fourth-order valence-corrected chi connectivity index (χ4v) is 3.24. The van der Waals surface area contributed by atoms with E-state index in [1.807, 2.05) is 0 Å². The summed E-state index contributed by atoms with van der Waals surface area (Å²) in [5.74, 6) is -0.851. The van der Waals surface area contributed by atoms with Gasteiger partial charge in [0.25, 0.3) is 5.91 Å². The Morgan fingerprint density at radius 3 is 3.00 bits per heavy atom. The summed E-state index contributed by atoms with van der Waals surface area (Å²) < 4.78 is 19.5. The molecule has 21 heavy (non-hydrogen) atoms. The quantitative estimate of drug-likeness (QED) is 0.821. The maximum atomic E-state index is 13.7. The summed E-state index contributed by atoms with van der Waals surface area (Å²) in [6.45, 7) is 6.97. The molecule has 1 amide bonds. The Kier molecular flexibility index (Phi) is 3.91. The van der Waals surface area contributed by atoms with Gasteiger partial charge in [0, 0.05) is 31.9 Å². The van der Waals surface area contributed by atoms with E-state index in [1.54, 1.807) is 4.90 Å². The zero-order valence-corrected chi connectivity index (χ0v) is 12.3. The highest BCUT2D eigenvalue weighted by atomic mass is 19.1. The van der Waals surface area contributed by atoms with E-state index in [-0.39, 0.29) is 23.6 Å². The van der Waals surface area contributed by atoms with Crippen molar-refractivity contribution < 1.29 is 13.9 Å². The average molecular weight is 293 g/mol. The molecular formula is C15H20FN3O2. The van der Waals surface area contributed by atoms with E-state index in [2.05, 4.69) is 23.7 Å². The summed E-state index contributed by atoms with van der Waals surface area (Å²) >= 11 is 0. The van der Waals surface area contributed by atoms with Gasteiger partial charge in [-0.15, -0.1) is 0 Å². The minimum absolute atomic E-state index is 0.0231. The Balaban J connectivity index is 1.77. The van der Waals surface area contributed by atoms with Crippen molar-refractivity contribution in [1.29, 1.82) is 0 Å². The van der Waals surface area contributed by atoms with Crippen LogP contribution in [0.15, 0.2) is 18.5 Å². The normalized spacial score (nSPS) is 26.2. The van der Waals surface area contributed by atoms with E-state index in [4.69, 9.17) is 4.74 Å². The first-order valence-corrected chi connectivity index (χ1v) is 7.34. The number of hydrogen-bond donors (Lipinski definition) is 0. The standard InChI is InChI=1S/C15H20FN3O2/c1-10(2)19-5-6-21-14-9-18(8-13(14)19)15(20)11-3-4-17-7-12(11)16/h3-4,7,10,13-14H,5-6,8-9H2,1-2H3/t13-,14+/m0/s1. The average Bonchev–Trinajstić information content (AvgIpc) is 2.90. The molecule has 2 saturated heterocycles. The molecule has 1 aromatic rings. The molecule has 0 aliphatic carbocycles. The fourth-order valence-electron chi connectivity index (χ4n) is 3.24. The van der Waals surface area contributed by atoms with E-state index >= 15 is 0 Å². The Labute approximate surface area is 123 Å². The third-order valence-corrected chi connectivity index (χ3v) is 4.30. The highest BCUT2D eigenvalue weighted by Gasteiger charge is 2.42. The number of amides is 1. The van der Waals surface area contributed by atoms with Crippen molar-refractivity contribution in [3.63, 3.8) is 0 Å². The lowest BCUT2D eigenvalue weighted by atomic mass is 10.1. The van der Waals surface area contributed by atoms with Crippen LogP contribution in [0.5, 0.6) is 0 Å². The number of ether oxygens (including phenoxy) is 1. The molecular weight excluding hydrogens is 273 g/mol. The molecule has 2 aliphatic rings. The molecule has 5 nitrogen and oxygen atoms in total. The zero-order chi connectivity index (χ0) is 15.0. The number of halogens is 1. The lowest BCUT2D eigenvalue weighted by Crippen LogP contribution is -2.53. The second-order valence-corrected chi connectivity index (χ2v) is 5.87. The molecule has 0 unspecified atom stereocenters. The minimum Gasteiger partial charge on any atom is -0.373 e. The van der Waals surface area contributed by atoms with E-state index in [0.717, 1.165) is 12.7 Å². The van der Waals surface area contributed by atoms with Gasteiger partial charge in [-0.3, -0.25) is 14.7 Å². The Bertz CT molecular complexity index is 537. The van der Waals surface area contributed by atoms with Crippen molar-refractivity contribution >= 4 is 5.91 Å². The van der Waals surface area contributed by atoms with Crippen molar-refractivity contribution in [2.75, 3.05) is 26.2 Å². The van der Waals surface area contributed by atoms with Crippen LogP contribution in [0.4, 0.5) is 4.39 Å². The van der Waals surface area contributed by atoms with Crippen LogP contribution in [0.3, 0.4) is 0 Å². The van der Waals surface area contributed by atoms with Crippen molar-refractivity contribution in [2.45, 2.75) is 32.0 Å². The fraction of sp³-hybridized carbons (Fsp3) is 0.600. The molecule has 3 heterocycles. The van der Waals surface area contributed by atoms with Gasteiger partial charge in [-0.2, -0.15) is 0 Å². The topological polar surface area (TPSA) is 45.7 Å². The van der Waals surface area contributed by atoms with Gasteiger partial charge in [0.2, 0.25) is 0 Å². The van der Waals surface area contributed by atoms with Crippen LogP contribution in [0, 0.1) is 5.82 Å². The predicted molar refractivity (Wildman–Crippen MR) is 75.5 cm³/mol. The van der Waals surface area contributed by atoms with E-state index in [9.17, 15) is 9.18 Å². The summed E-state index contributed by atoms with van der Waals surface area (Å²) in [6, 6.07) is 2.04. The van der Waals surface area contributed by atoms with Gasteiger partial charge < -0.3 is 9.64 Å². The van der Waals surface area contributed by atoms with E-state index in [1.165, 1.54) is 12.3 Å². The van der Waals surface area contributed by atoms with Gasteiger partial charge >= 0.3 is 0 Å². The highest BCUT2D eigenvalue weighted by molar-refractivity contribution is 5.94. The van der Waals surface area contributed by atoms with Crippen molar-refractivity contribution in [2.24, 2.45) is 0 Å². The van der Waals surface area contributed by atoms with Crippen LogP contribution in [0.1, 0.15) is 24.2 Å². The SMILES string of the molecule is CC(C)N1CCO[C@@H]2CN(C(=O)c3ccncc3F)C[C@@H]21. The molecule has 0 N–H and O–H groups in total. The Morgan fingerprint density at radius 2 is 2.29 bits per heavy atom. The number of nitrogens with zero attached hydrogens (tertiary/aromatic N) is 3. The number of rotatable bonds is 2. The molecule has 3 rings (SSSR count). The Morgan fingerprint density at radius 1 is 1.48 bits per heavy atom. The molecule has 114 valence electrons. The summed E-state index contributed by atoms with van der Waals surface area (Å²) in [5.41, 5.74) is 0.0831. The maximum absolute atomic E-state index is 13.7. The molecule has 1 aromatic heterocycles. The largest absolute Gasteiger partial charge is 0.373 e. The van der Waals surface area contributed by atoms with Crippen molar-refractivity contribution in [3.8, 4) is 0 Å². The minimum atomic E-state index is -0.570. The lowest BCUT2D eigenvalue weighted by molar-refractivity contribution is -0.0582. The number of aromatic nitrogens is 1. The monoisotopic (exact) mass is 293 g/mol. The van der Waals surface area contributed by atoms with Gasteiger partial charge in [0.1, 0.15) is 0 Å². The van der Waals surface area contributed by atoms with Crippen molar-refractivity contribution in [3.05, 3.63) is 29.8 Å². The number of hydrogen-bond acceptors (Lipinski definition) is 4. The zero-order valence-electron chi connectivity index (χ0n) is 12.3. The summed E-state index contributed by atoms with van der Waals surface area (Å²) in [6.07, 6.45) is 2.54. The van der Waals surface area contributed by atoms with Crippen molar-refractivity contribution in [1.82, 2.24) is 14.8 Å². The van der Waals surface area contributed by atoms with Gasteiger partial charge in [0.05, 0.1) is 30.5 Å². The van der Waals surface area contributed by atoms with Crippen LogP contribution in [-0.4, -0.2) is 65.1 Å². The predicted octanol–water partition coefficient (Wildman–Crippen LogP) is 1.15. The smallest absolute Gasteiger partial charge is 0.257 e. The molecule has 0 aromatic carbocycles. The maximum Gasteiger partial charge on any atom is 0.257 e. The summed E-state index contributed by atoms with van der Waals surface area (Å²) in [7, 11) is 0. The molecule has 2 aliphatic heterocycles. The molecule has 0 radical (unpaired) electrons. The molecule has 6 heteroatoms. The number of carbonyl (C=O) groups is 1. The van der Waals surface area contributed by atoms with Crippen LogP contribution in [-0.2, 0) is 4.74 Å². The first-order chi connectivity index (χ1) is 10.1. The van der Waals surface area contributed by atoms with Gasteiger partial charge in [-0.25, -0.2) is 4.39 Å². The highest BCUT2D eigenvalue weighted by Crippen LogP contribution is 2.26. The third-order valence-electron chi connectivity index (χ3n) is 4.30. The number of morpholine rings is 1. The lowest BCUT2D eigenvalue weighted by Gasteiger charge is -2.39. The number of fused-ring (bicyclic) bond motifs is 1. The Hall–Kier alpha value is -1.53. The van der Waals surface area contributed by atoms with Crippen LogP contribution < -0.4 is 0 Å². The van der Waals surface area contributed by atoms with Gasteiger partial charge in [-0.05, 0) is 19.9 Å². The number of likely N-dealkylation sites (tertiary alicyclic amines) is 1. The molecule has 2 fully saturated rings. The molecule has 2 atom stereocenters.